The Hall–Kier alpha value is -0.200. The van der Waals surface area contributed by atoms with Crippen LogP contribution in [0.1, 0.15) is 33.6 Å². The predicted octanol–water partition coefficient (Wildman–Crippen LogP) is 0.615. The first-order valence-corrected chi connectivity index (χ1v) is 7.82. The van der Waals surface area contributed by atoms with E-state index in [2.05, 4.69) is 10.2 Å². The summed E-state index contributed by atoms with van der Waals surface area (Å²) < 4.78 is 11.4. The molecule has 2 aliphatic rings. The summed E-state index contributed by atoms with van der Waals surface area (Å²) in [6, 6.07) is 0.650. The third-order valence-corrected chi connectivity index (χ3v) is 3.92. The van der Waals surface area contributed by atoms with Crippen molar-refractivity contribution in [3.63, 3.8) is 0 Å². The van der Waals surface area contributed by atoms with Crippen LogP contribution in [-0.4, -0.2) is 73.3 Å². The standard InChI is InChI=1S/C15H30N2O3/c1-15(2,3)20-11-13(18)7-16-8-14-9-17-6-4-5-12(17)10-19-14/h12-14,16,18H,4-11H2,1-3H3. The smallest absolute Gasteiger partial charge is 0.0897 e. The highest BCUT2D eigenvalue weighted by Crippen LogP contribution is 2.22. The van der Waals surface area contributed by atoms with Crippen molar-refractivity contribution in [3.05, 3.63) is 0 Å². The summed E-state index contributed by atoms with van der Waals surface area (Å²) >= 11 is 0. The summed E-state index contributed by atoms with van der Waals surface area (Å²) in [5.41, 5.74) is -0.196. The maximum Gasteiger partial charge on any atom is 0.0897 e. The van der Waals surface area contributed by atoms with Crippen LogP contribution in [0, 0.1) is 0 Å². The number of nitrogens with zero attached hydrogens (tertiary/aromatic N) is 1. The Morgan fingerprint density at radius 3 is 3.00 bits per heavy atom. The molecule has 0 aromatic rings. The number of hydrogen-bond acceptors (Lipinski definition) is 5. The van der Waals surface area contributed by atoms with Crippen molar-refractivity contribution in [2.45, 2.75) is 57.5 Å². The minimum Gasteiger partial charge on any atom is -0.389 e. The largest absolute Gasteiger partial charge is 0.389 e. The zero-order chi connectivity index (χ0) is 14.6. The van der Waals surface area contributed by atoms with E-state index in [1.807, 2.05) is 20.8 Å². The molecule has 5 nitrogen and oxygen atoms in total. The molecule has 20 heavy (non-hydrogen) atoms. The van der Waals surface area contributed by atoms with E-state index < -0.39 is 6.10 Å². The molecule has 3 unspecified atom stereocenters. The quantitative estimate of drug-likeness (QED) is 0.749. The van der Waals surface area contributed by atoms with Gasteiger partial charge in [-0.1, -0.05) is 0 Å². The van der Waals surface area contributed by atoms with E-state index in [-0.39, 0.29) is 11.7 Å². The number of ether oxygens (including phenoxy) is 2. The molecule has 0 bridgehead atoms. The molecule has 0 radical (unpaired) electrons. The lowest BCUT2D eigenvalue weighted by Gasteiger charge is -2.35. The summed E-state index contributed by atoms with van der Waals surface area (Å²) in [5.74, 6) is 0. The number of hydrogen-bond donors (Lipinski definition) is 2. The lowest BCUT2D eigenvalue weighted by molar-refractivity contribution is -0.0563. The Kier molecular flexibility index (Phi) is 5.81. The first kappa shape index (κ1) is 16.2. The zero-order valence-corrected chi connectivity index (χ0v) is 13.1. The van der Waals surface area contributed by atoms with Crippen molar-refractivity contribution in [2.24, 2.45) is 0 Å². The molecule has 0 aromatic carbocycles. The van der Waals surface area contributed by atoms with Gasteiger partial charge in [0, 0.05) is 25.7 Å². The van der Waals surface area contributed by atoms with Crippen LogP contribution in [0.5, 0.6) is 0 Å². The number of morpholine rings is 1. The molecule has 0 amide bonds. The molecular weight excluding hydrogens is 256 g/mol. The van der Waals surface area contributed by atoms with E-state index >= 15 is 0 Å². The number of aliphatic hydroxyl groups excluding tert-OH is 1. The average molecular weight is 286 g/mol. The Bertz CT molecular complexity index is 293. The maximum absolute atomic E-state index is 9.85. The van der Waals surface area contributed by atoms with Gasteiger partial charge in [0.2, 0.25) is 0 Å². The molecule has 0 aliphatic carbocycles. The highest BCUT2D eigenvalue weighted by atomic mass is 16.5. The molecule has 2 rings (SSSR count). The minimum absolute atomic E-state index is 0.196. The third-order valence-electron chi connectivity index (χ3n) is 3.92. The molecule has 3 atom stereocenters. The summed E-state index contributed by atoms with van der Waals surface area (Å²) in [4.78, 5) is 2.54. The van der Waals surface area contributed by atoms with E-state index in [1.165, 1.54) is 19.4 Å². The topological polar surface area (TPSA) is 54.0 Å². The number of fused-ring (bicyclic) bond motifs is 1. The number of aliphatic hydroxyl groups is 1. The first-order valence-electron chi connectivity index (χ1n) is 7.82. The van der Waals surface area contributed by atoms with Gasteiger partial charge in [0.15, 0.2) is 0 Å². The van der Waals surface area contributed by atoms with Crippen molar-refractivity contribution >= 4 is 0 Å². The van der Waals surface area contributed by atoms with E-state index in [1.54, 1.807) is 0 Å². The molecule has 5 heteroatoms. The molecule has 118 valence electrons. The summed E-state index contributed by atoms with van der Waals surface area (Å²) in [7, 11) is 0. The van der Waals surface area contributed by atoms with Gasteiger partial charge in [-0.05, 0) is 40.2 Å². The molecule has 2 aliphatic heterocycles. The number of rotatable bonds is 6. The van der Waals surface area contributed by atoms with Crippen molar-refractivity contribution in [1.82, 2.24) is 10.2 Å². The normalized spacial score (nSPS) is 29.4. The fourth-order valence-corrected chi connectivity index (χ4v) is 2.83. The van der Waals surface area contributed by atoms with Gasteiger partial charge in [0.25, 0.3) is 0 Å². The fraction of sp³-hybridized carbons (Fsp3) is 1.00. The lowest BCUT2D eigenvalue weighted by atomic mass is 10.2. The van der Waals surface area contributed by atoms with Crippen LogP contribution in [0.2, 0.25) is 0 Å². The van der Waals surface area contributed by atoms with Crippen molar-refractivity contribution in [2.75, 3.05) is 39.4 Å². The van der Waals surface area contributed by atoms with Gasteiger partial charge in [0.1, 0.15) is 0 Å². The van der Waals surface area contributed by atoms with Gasteiger partial charge in [0.05, 0.1) is 31.0 Å². The van der Waals surface area contributed by atoms with Gasteiger partial charge in [-0.2, -0.15) is 0 Å². The van der Waals surface area contributed by atoms with Crippen LogP contribution in [0.25, 0.3) is 0 Å². The van der Waals surface area contributed by atoms with Crippen molar-refractivity contribution < 1.29 is 14.6 Å². The van der Waals surface area contributed by atoms with Gasteiger partial charge in [-0.25, -0.2) is 0 Å². The second-order valence-electron chi connectivity index (χ2n) is 6.98. The lowest BCUT2D eigenvalue weighted by Crippen LogP contribution is -2.50. The summed E-state index contributed by atoms with van der Waals surface area (Å²) in [5, 5.41) is 13.1. The van der Waals surface area contributed by atoms with Crippen LogP contribution >= 0.6 is 0 Å². The highest BCUT2D eigenvalue weighted by molar-refractivity contribution is 4.86. The molecule has 2 heterocycles. The second-order valence-corrected chi connectivity index (χ2v) is 6.98. The van der Waals surface area contributed by atoms with E-state index in [0.717, 1.165) is 19.7 Å². The molecule has 0 saturated carbocycles. The summed E-state index contributed by atoms with van der Waals surface area (Å²) in [6.07, 6.45) is 2.37. The van der Waals surface area contributed by atoms with Crippen molar-refractivity contribution in [3.8, 4) is 0 Å². The van der Waals surface area contributed by atoms with Crippen LogP contribution in [0.4, 0.5) is 0 Å². The van der Waals surface area contributed by atoms with Gasteiger partial charge in [-0.15, -0.1) is 0 Å². The Balaban J connectivity index is 1.56. The first-order chi connectivity index (χ1) is 9.44. The SMILES string of the molecule is CC(C)(C)OCC(O)CNCC1CN2CCCC2CO1. The van der Waals surface area contributed by atoms with Gasteiger partial charge < -0.3 is 19.9 Å². The average Bonchev–Trinajstić information content (AvgIpc) is 2.83. The molecule has 0 spiro atoms. The zero-order valence-electron chi connectivity index (χ0n) is 13.1. The van der Waals surface area contributed by atoms with Crippen LogP contribution < -0.4 is 5.32 Å². The van der Waals surface area contributed by atoms with Gasteiger partial charge >= 0.3 is 0 Å². The van der Waals surface area contributed by atoms with E-state index in [9.17, 15) is 5.11 Å². The summed E-state index contributed by atoms with van der Waals surface area (Å²) in [6.45, 7) is 10.8. The predicted molar refractivity (Wildman–Crippen MR) is 78.9 cm³/mol. The Morgan fingerprint density at radius 1 is 1.45 bits per heavy atom. The van der Waals surface area contributed by atoms with Crippen LogP contribution in [0.3, 0.4) is 0 Å². The van der Waals surface area contributed by atoms with Crippen LogP contribution in [-0.2, 0) is 9.47 Å². The maximum atomic E-state index is 9.85. The van der Waals surface area contributed by atoms with Crippen molar-refractivity contribution in [1.29, 1.82) is 0 Å². The van der Waals surface area contributed by atoms with E-state index in [4.69, 9.17) is 9.47 Å². The minimum atomic E-state index is -0.461. The van der Waals surface area contributed by atoms with Crippen LogP contribution in [0.15, 0.2) is 0 Å². The fourth-order valence-electron chi connectivity index (χ4n) is 2.83. The van der Waals surface area contributed by atoms with E-state index in [0.29, 0.717) is 19.2 Å². The molecule has 0 aromatic heterocycles. The van der Waals surface area contributed by atoms with Gasteiger partial charge in [-0.3, -0.25) is 4.90 Å². The monoisotopic (exact) mass is 286 g/mol. The molecular formula is C15H30N2O3. The second kappa shape index (κ2) is 7.18. The Morgan fingerprint density at radius 2 is 2.25 bits per heavy atom. The highest BCUT2D eigenvalue weighted by Gasteiger charge is 2.31. The third kappa shape index (κ3) is 5.30. The Labute approximate surface area is 122 Å². The molecule has 2 N–H and O–H groups in total. The molecule has 2 fully saturated rings. The molecule has 2 saturated heterocycles. The number of nitrogens with one attached hydrogen (secondary N) is 1.